The molecule has 2 N–H and O–H groups in total. The number of amides is 1. The lowest BCUT2D eigenvalue weighted by Gasteiger charge is -2.31. The normalized spacial score (nSPS) is 14.7. The Morgan fingerprint density at radius 2 is 2.04 bits per heavy atom. The van der Waals surface area contributed by atoms with Crippen LogP contribution in [0.2, 0.25) is 0 Å². The van der Waals surface area contributed by atoms with Crippen LogP contribution in [-0.2, 0) is 4.74 Å². The summed E-state index contributed by atoms with van der Waals surface area (Å²) in [6.45, 7) is 7.75. The second kappa shape index (κ2) is 8.70. The number of aryl methyl sites for hydroxylation is 2. The minimum absolute atomic E-state index is 0.224. The van der Waals surface area contributed by atoms with Crippen LogP contribution in [0.3, 0.4) is 0 Å². The number of anilines is 3. The first-order valence-electron chi connectivity index (χ1n) is 9.40. The van der Waals surface area contributed by atoms with Crippen LogP contribution in [-0.4, -0.2) is 46.7 Å². The number of ether oxygens (including phenoxy) is 1. The predicted molar refractivity (Wildman–Crippen MR) is 106 cm³/mol. The zero-order valence-corrected chi connectivity index (χ0v) is 16.2. The molecule has 1 aliphatic rings. The zero-order valence-electron chi connectivity index (χ0n) is 16.2. The quantitative estimate of drug-likeness (QED) is 0.833. The highest BCUT2D eigenvalue weighted by molar-refractivity contribution is 5.67. The molecular weight excluding hydrogens is 342 g/mol. The molecule has 7 nitrogen and oxygen atoms in total. The monoisotopic (exact) mass is 369 g/mol. The lowest BCUT2D eigenvalue weighted by Crippen LogP contribution is -2.42. The fourth-order valence-electron chi connectivity index (χ4n) is 3.20. The van der Waals surface area contributed by atoms with Crippen molar-refractivity contribution in [1.29, 1.82) is 0 Å². The number of likely N-dealkylation sites (tertiary alicyclic amines) is 1. The van der Waals surface area contributed by atoms with Gasteiger partial charge in [0.25, 0.3) is 0 Å². The molecule has 7 heteroatoms. The second-order valence-corrected chi connectivity index (χ2v) is 6.81. The standard InChI is InChI=1S/C20H27N5O2/c1-4-27-20(26)25-11-8-16(9-12-25)22-18-7-10-21-19(24-18)23-17-6-5-14(2)13-15(17)3/h5-7,10,13,16H,4,8-9,11-12H2,1-3H3,(H2,21,22,23,24). The van der Waals surface area contributed by atoms with E-state index in [-0.39, 0.29) is 12.1 Å². The summed E-state index contributed by atoms with van der Waals surface area (Å²) < 4.78 is 5.06. The van der Waals surface area contributed by atoms with E-state index in [0.717, 1.165) is 29.9 Å². The van der Waals surface area contributed by atoms with Crippen molar-refractivity contribution in [3.05, 3.63) is 41.6 Å². The van der Waals surface area contributed by atoms with Gasteiger partial charge in [0.1, 0.15) is 5.82 Å². The van der Waals surface area contributed by atoms with Crippen LogP contribution in [0.4, 0.5) is 22.2 Å². The maximum absolute atomic E-state index is 11.8. The van der Waals surface area contributed by atoms with Crippen LogP contribution in [0.1, 0.15) is 30.9 Å². The SMILES string of the molecule is CCOC(=O)N1CCC(Nc2ccnc(Nc3ccc(C)cc3C)n2)CC1. The predicted octanol–water partition coefficient (Wildman–Crippen LogP) is 3.87. The average molecular weight is 369 g/mol. The maximum Gasteiger partial charge on any atom is 0.409 e. The topological polar surface area (TPSA) is 79.4 Å². The minimum atomic E-state index is -0.224. The first-order chi connectivity index (χ1) is 13.0. The van der Waals surface area contributed by atoms with E-state index in [1.165, 1.54) is 5.56 Å². The third-order valence-corrected chi connectivity index (χ3v) is 4.66. The van der Waals surface area contributed by atoms with Gasteiger partial charge in [-0.15, -0.1) is 0 Å². The van der Waals surface area contributed by atoms with Gasteiger partial charge in [0.15, 0.2) is 0 Å². The van der Waals surface area contributed by atoms with Crippen LogP contribution in [0.15, 0.2) is 30.5 Å². The third kappa shape index (κ3) is 5.09. The van der Waals surface area contributed by atoms with E-state index < -0.39 is 0 Å². The van der Waals surface area contributed by atoms with Gasteiger partial charge in [-0.3, -0.25) is 0 Å². The first-order valence-corrected chi connectivity index (χ1v) is 9.40. The number of nitrogens with zero attached hydrogens (tertiary/aromatic N) is 3. The van der Waals surface area contributed by atoms with Crippen LogP contribution in [0, 0.1) is 13.8 Å². The van der Waals surface area contributed by atoms with Crippen LogP contribution < -0.4 is 10.6 Å². The van der Waals surface area contributed by atoms with Crippen molar-refractivity contribution in [2.75, 3.05) is 30.3 Å². The molecule has 1 aromatic heterocycles. The summed E-state index contributed by atoms with van der Waals surface area (Å²) in [5.41, 5.74) is 3.38. The summed E-state index contributed by atoms with van der Waals surface area (Å²) >= 11 is 0. The molecule has 0 unspecified atom stereocenters. The highest BCUT2D eigenvalue weighted by Gasteiger charge is 2.23. The minimum Gasteiger partial charge on any atom is -0.450 e. The maximum atomic E-state index is 11.8. The van der Waals surface area contributed by atoms with Crippen molar-refractivity contribution >= 4 is 23.5 Å². The zero-order chi connectivity index (χ0) is 19.2. The van der Waals surface area contributed by atoms with Gasteiger partial charge in [-0.1, -0.05) is 17.7 Å². The van der Waals surface area contributed by atoms with Gasteiger partial charge in [0.2, 0.25) is 5.95 Å². The van der Waals surface area contributed by atoms with E-state index in [0.29, 0.717) is 25.6 Å². The summed E-state index contributed by atoms with van der Waals surface area (Å²) in [7, 11) is 0. The Morgan fingerprint density at radius 1 is 1.26 bits per heavy atom. The lowest BCUT2D eigenvalue weighted by atomic mass is 10.1. The molecule has 144 valence electrons. The largest absolute Gasteiger partial charge is 0.450 e. The summed E-state index contributed by atoms with van der Waals surface area (Å²) in [6, 6.07) is 8.38. The molecule has 3 rings (SSSR count). The van der Waals surface area contributed by atoms with E-state index in [9.17, 15) is 4.79 Å². The Kier molecular flexibility index (Phi) is 6.11. The fourth-order valence-corrected chi connectivity index (χ4v) is 3.20. The Labute approximate surface area is 160 Å². The molecule has 0 atom stereocenters. The van der Waals surface area contributed by atoms with Crippen molar-refractivity contribution < 1.29 is 9.53 Å². The smallest absolute Gasteiger partial charge is 0.409 e. The Hall–Kier alpha value is -2.83. The van der Waals surface area contributed by atoms with Crippen molar-refractivity contribution in [2.24, 2.45) is 0 Å². The Bertz CT molecular complexity index is 788. The Balaban J connectivity index is 1.57. The van der Waals surface area contributed by atoms with Crippen molar-refractivity contribution in [1.82, 2.24) is 14.9 Å². The number of carbonyl (C=O) groups excluding carboxylic acids is 1. The molecule has 1 aromatic carbocycles. The average Bonchev–Trinajstić information content (AvgIpc) is 2.65. The van der Waals surface area contributed by atoms with Crippen LogP contribution >= 0.6 is 0 Å². The molecule has 2 heterocycles. The highest BCUT2D eigenvalue weighted by Crippen LogP contribution is 2.21. The van der Waals surface area contributed by atoms with Gasteiger partial charge < -0.3 is 20.3 Å². The number of piperidine rings is 1. The summed E-state index contributed by atoms with van der Waals surface area (Å²) in [5.74, 6) is 1.35. The number of benzene rings is 1. The number of nitrogens with one attached hydrogen (secondary N) is 2. The Morgan fingerprint density at radius 3 is 2.74 bits per heavy atom. The van der Waals surface area contributed by atoms with Crippen molar-refractivity contribution in [3.63, 3.8) is 0 Å². The van der Waals surface area contributed by atoms with E-state index >= 15 is 0 Å². The molecule has 0 bridgehead atoms. The van der Waals surface area contributed by atoms with E-state index in [4.69, 9.17) is 4.74 Å². The molecule has 0 radical (unpaired) electrons. The van der Waals surface area contributed by atoms with Crippen molar-refractivity contribution in [3.8, 4) is 0 Å². The number of hydrogen-bond acceptors (Lipinski definition) is 6. The van der Waals surface area contributed by atoms with Crippen LogP contribution in [0.25, 0.3) is 0 Å². The fraction of sp³-hybridized carbons (Fsp3) is 0.450. The highest BCUT2D eigenvalue weighted by atomic mass is 16.6. The molecule has 1 saturated heterocycles. The summed E-state index contributed by atoms with van der Waals surface area (Å²) in [6.07, 6.45) is 3.25. The lowest BCUT2D eigenvalue weighted by molar-refractivity contribution is 0.0983. The molecule has 1 amide bonds. The second-order valence-electron chi connectivity index (χ2n) is 6.81. The molecule has 1 fully saturated rings. The molecule has 0 saturated carbocycles. The van der Waals surface area contributed by atoms with Crippen molar-refractivity contribution in [2.45, 2.75) is 39.7 Å². The number of aromatic nitrogens is 2. The summed E-state index contributed by atoms with van der Waals surface area (Å²) in [5, 5.41) is 6.73. The molecule has 0 aliphatic carbocycles. The van der Waals surface area contributed by atoms with Gasteiger partial charge in [0, 0.05) is 31.0 Å². The van der Waals surface area contributed by atoms with E-state index in [1.807, 2.05) is 19.1 Å². The molecular formula is C20H27N5O2. The van der Waals surface area contributed by atoms with Gasteiger partial charge in [0.05, 0.1) is 6.61 Å². The summed E-state index contributed by atoms with van der Waals surface area (Å²) in [4.78, 5) is 22.4. The van der Waals surface area contributed by atoms with E-state index in [1.54, 1.807) is 11.1 Å². The molecule has 2 aromatic rings. The number of carbonyl (C=O) groups is 1. The molecule has 0 spiro atoms. The molecule has 1 aliphatic heterocycles. The van der Waals surface area contributed by atoms with Gasteiger partial charge in [-0.05, 0) is 51.3 Å². The third-order valence-electron chi connectivity index (χ3n) is 4.66. The first kappa shape index (κ1) is 18.9. The van der Waals surface area contributed by atoms with E-state index in [2.05, 4.69) is 46.6 Å². The van der Waals surface area contributed by atoms with Gasteiger partial charge in [-0.25, -0.2) is 9.78 Å². The molecule has 27 heavy (non-hydrogen) atoms. The number of rotatable bonds is 5. The number of hydrogen-bond donors (Lipinski definition) is 2. The van der Waals surface area contributed by atoms with Crippen LogP contribution in [0.5, 0.6) is 0 Å². The van der Waals surface area contributed by atoms with Gasteiger partial charge in [-0.2, -0.15) is 4.98 Å². The van der Waals surface area contributed by atoms with Gasteiger partial charge >= 0.3 is 6.09 Å².